The van der Waals surface area contributed by atoms with Gasteiger partial charge in [-0.3, -0.25) is 9.48 Å². The van der Waals surface area contributed by atoms with Gasteiger partial charge in [0, 0.05) is 34.9 Å². The smallest absolute Gasteiger partial charge is 0.248 e. The van der Waals surface area contributed by atoms with E-state index in [1.54, 1.807) is 23.0 Å². The average molecular weight is 363 g/mol. The predicted octanol–water partition coefficient (Wildman–Crippen LogP) is 2.43. The van der Waals surface area contributed by atoms with E-state index < -0.39 is 5.54 Å². The van der Waals surface area contributed by atoms with Crippen LogP contribution in [-0.4, -0.2) is 34.8 Å². The van der Waals surface area contributed by atoms with Crippen LogP contribution < -0.4 is 10.6 Å². The number of carbonyl (C=O) groups excluding carboxylic acids is 1. The molecule has 2 aliphatic rings. The molecule has 2 aromatic rings. The summed E-state index contributed by atoms with van der Waals surface area (Å²) in [5, 5.41) is 11.1. The lowest BCUT2D eigenvalue weighted by Crippen LogP contribution is -2.55. The number of amides is 1. The van der Waals surface area contributed by atoms with Gasteiger partial charge in [-0.25, -0.2) is 4.39 Å². The van der Waals surface area contributed by atoms with Crippen molar-refractivity contribution in [1.29, 1.82) is 0 Å². The molecule has 25 heavy (non-hydrogen) atoms. The third kappa shape index (κ3) is 2.93. The molecule has 2 unspecified atom stereocenters. The second-order valence-corrected chi connectivity index (χ2v) is 7.20. The molecule has 2 atom stereocenters. The summed E-state index contributed by atoms with van der Waals surface area (Å²) < 4.78 is 15.8. The molecule has 5 nitrogen and oxygen atoms in total. The number of benzene rings is 1. The summed E-state index contributed by atoms with van der Waals surface area (Å²) in [5.41, 5.74) is -0.172. The molecular formula is C18H20ClFN4O. The van der Waals surface area contributed by atoms with Crippen molar-refractivity contribution in [3.63, 3.8) is 0 Å². The van der Waals surface area contributed by atoms with Gasteiger partial charge in [0.15, 0.2) is 0 Å². The first-order chi connectivity index (χ1) is 12.1. The summed E-state index contributed by atoms with van der Waals surface area (Å²) in [7, 11) is 0. The molecule has 2 fully saturated rings. The van der Waals surface area contributed by atoms with Gasteiger partial charge in [-0.2, -0.15) is 5.10 Å². The van der Waals surface area contributed by atoms with Crippen LogP contribution in [0.3, 0.4) is 0 Å². The van der Waals surface area contributed by atoms with Crippen molar-refractivity contribution in [2.75, 3.05) is 13.1 Å². The first-order valence-corrected chi connectivity index (χ1v) is 8.95. The Morgan fingerprint density at radius 2 is 2.16 bits per heavy atom. The molecule has 0 spiro atoms. The third-order valence-corrected chi connectivity index (χ3v) is 5.60. The third-order valence-electron chi connectivity index (χ3n) is 5.27. The molecule has 0 radical (unpaired) electrons. The van der Waals surface area contributed by atoms with Crippen molar-refractivity contribution in [2.45, 2.75) is 36.8 Å². The molecule has 2 heterocycles. The SMILES string of the molecule is O=C(NC1CC1c1c(F)cccc1Cl)C1(n2cccn2)CCNCC1. The van der Waals surface area contributed by atoms with E-state index in [0.717, 1.165) is 13.1 Å². The van der Waals surface area contributed by atoms with Crippen molar-refractivity contribution in [3.05, 3.63) is 53.1 Å². The minimum absolute atomic E-state index is 0.0438. The molecule has 1 saturated heterocycles. The van der Waals surface area contributed by atoms with Crippen LogP contribution >= 0.6 is 11.6 Å². The minimum atomic E-state index is -0.680. The number of hydrogen-bond acceptors (Lipinski definition) is 3. The summed E-state index contributed by atoms with van der Waals surface area (Å²) in [4.78, 5) is 13.1. The Labute approximate surface area is 150 Å². The van der Waals surface area contributed by atoms with Gasteiger partial charge < -0.3 is 10.6 Å². The van der Waals surface area contributed by atoms with Crippen LogP contribution in [-0.2, 0) is 10.3 Å². The van der Waals surface area contributed by atoms with Crippen LogP contribution in [0, 0.1) is 5.82 Å². The molecule has 7 heteroatoms. The Morgan fingerprint density at radius 1 is 1.36 bits per heavy atom. The maximum absolute atomic E-state index is 14.1. The number of carbonyl (C=O) groups is 1. The van der Waals surface area contributed by atoms with Gasteiger partial charge in [-0.15, -0.1) is 0 Å². The van der Waals surface area contributed by atoms with Crippen molar-refractivity contribution < 1.29 is 9.18 Å². The number of aromatic nitrogens is 2. The highest BCUT2D eigenvalue weighted by atomic mass is 35.5. The molecule has 1 aliphatic heterocycles. The molecule has 132 valence electrons. The highest BCUT2D eigenvalue weighted by Crippen LogP contribution is 2.45. The molecule has 1 aliphatic carbocycles. The molecule has 1 saturated carbocycles. The number of hydrogen-bond donors (Lipinski definition) is 2. The zero-order valence-electron chi connectivity index (χ0n) is 13.7. The van der Waals surface area contributed by atoms with Crippen LogP contribution in [0.25, 0.3) is 0 Å². The van der Waals surface area contributed by atoms with E-state index in [9.17, 15) is 9.18 Å². The lowest BCUT2D eigenvalue weighted by atomic mass is 9.87. The quantitative estimate of drug-likeness (QED) is 0.878. The Bertz CT molecular complexity index is 753. The Balaban J connectivity index is 1.52. The normalized spacial score (nSPS) is 24.7. The number of nitrogens with one attached hydrogen (secondary N) is 2. The molecule has 1 amide bonds. The topological polar surface area (TPSA) is 59.0 Å². The predicted molar refractivity (Wildman–Crippen MR) is 93.0 cm³/mol. The van der Waals surface area contributed by atoms with Crippen LogP contribution in [0.5, 0.6) is 0 Å². The van der Waals surface area contributed by atoms with E-state index in [2.05, 4.69) is 15.7 Å². The molecule has 4 rings (SSSR count). The molecule has 1 aromatic carbocycles. The Kier molecular flexibility index (Phi) is 4.25. The van der Waals surface area contributed by atoms with E-state index >= 15 is 0 Å². The second kappa shape index (κ2) is 6.42. The average Bonchev–Trinajstić information content (AvgIpc) is 3.12. The Morgan fingerprint density at radius 3 is 2.84 bits per heavy atom. The van der Waals surface area contributed by atoms with E-state index in [1.165, 1.54) is 6.07 Å². The van der Waals surface area contributed by atoms with Crippen molar-refractivity contribution in [3.8, 4) is 0 Å². The highest BCUT2D eigenvalue weighted by Gasteiger charge is 2.48. The van der Waals surface area contributed by atoms with Crippen LogP contribution in [0.2, 0.25) is 5.02 Å². The van der Waals surface area contributed by atoms with Crippen molar-refractivity contribution >= 4 is 17.5 Å². The number of nitrogens with zero attached hydrogens (tertiary/aromatic N) is 2. The van der Waals surface area contributed by atoms with Gasteiger partial charge in [-0.05, 0) is 50.6 Å². The van der Waals surface area contributed by atoms with Gasteiger partial charge in [0.25, 0.3) is 0 Å². The van der Waals surface area contributed by atoms with E-state index in [-0.39, 0.29) is 23.7 Å². The molecule has 1 aromatic heterocycles. The van der Waals surface area contributed by atoms with E-state index in [4.69, 9.17) is 11.6 Å². The lowest BCUT2D eigenvalue weighted by molar-refractivity contribution is -0.132. The summed E-state index contributed by atoms with van der Waals surface area (Å²) >= 11 is 6.15. The summed E-state index contributed by atoms with van der Waals surface area (Å²) in [5.74, 6) is -0.412. The number of rotatable bonds is 4. The first-order valence-electron chi connectivity index (χ1n) is 8.57. The fourth-order valence-electron chi connectivity index (χ4n) is 3.76. The largest absolute Gasteiger partial charge is 0.351 e. The zero-order chi connectivity index (χ0) is 17.4. The van der Waals surface area contributed by atoms with E-state index in [0.29, 0.717) is 29.8 Å². The lowest BCUT2D eigenvalue weighted by Gasteiger charge is -2.36. The monoisotopic (exact) mass is 362 g/mol. The fourth-order valence-corrected chi connectivity index (χ4v) is 4.07. The van der Waals surface area contributed by atoms with Crippen molar-refractivity contribution in [2.24, 2.45) is 0 Å². The number of piperidine rings is 1. The van der Waals surface area contributed by atoms with Gasteiger partial charge >= 0.3 is 0 Å². The zero-order valence-corrected chi connectivity index (χ0v) is 14.5. The van der Waals surface area contributed by atoms with Crippen LogP contribution in [0.4, 0.5) is 4.39 Å². The number of halogens is 2. The molecule has 0 bridgehead atoms. The summed E-state index contributed by atoms with van der Waals surface area (Å²) in [6.07, 6.45) is 5.59. The maximum Gasteiger partial charge on any atom is 0.248 e. The van der Waals surface area contributed by atoms with Crippen LogP contribution in [0.1, 0.15) is 30.7 Å². The first kappa shape index (κ1) is 16.5. The highest BCUT2D eigenvalue weighted by molar-refractivity contribution is 6.31. The second-order valence-electron chi connectivity index (χ2n) is 6.79. The van der Waals surface area contributed by atoms with E-state index in [1.807, 2.05) is 12.3 Å². The summed E-state index contributed by atoms with van der Waals surface area (Å²) in [6, 6.07) is 6.45. The van der Waals surface area contributed by atoms with Gasteiger partial charge in [-0.1, -0.05) is 17.7 Å². The maximum atomic E-state index is 14.1. The molecule has 2 N–H and O–H groups in total. The Hall–Kier alpha value is -1.92. The van der Waals surface area contributed by atoms with Gasteiger partial charge in [0.1, 0.15) is 11.4 Å². The standard InChI is InChI=1S/C18H20ClFN4O/c19-13-3-1-4-14(20)16(13)12-11-15(12)23-17(25)18(5-8-21-9-6-18)24-10-2-7-22-24/h1-4,7,10,12,15,21H,5-6,8-9,11H2,(H,23,25). The summed E-state index contributed by atoms with van der Waals surface area (Å²) in [6.45, 7) is 1.53. The van der Waals surface area contributed by atoms with Crippen molar-refractivity contribution in [1.82, 2.24) is 20.4 Å². The van der Waals surface area contributed by atoms with Crippen LogP contribution in [0.15, 0.2) is 36.7 Å². The molecular weight excluding hydrogens is 343 g/mol. The minimum Gasteiger partial charge on any atom is -0.351 e. The van der Waals surface area contributed by atoms with Gasteiger partial charge in [0.05, 0.1) is 0 Å². The van der Waals surface area contributed by atoms with Gasteiger partial charge in [0.2, 0.25) is 5.91 Å². The fraction of sp³-hybridized carbons (Fsp3) is 0.444.